The summed E-state index contributed by atoms with van der Waals surface area (Å²) < 4.78 is 138. The zero-order valence-corrected chi connectivity index (χ0v) is 19.6. The van der Waals surface area contributed by atoms with Gasteiger partial charge in [-0.2, -0.15) is 39.5 Å². The average molecular weight is 533 g/mol. The molecule has 1 heterocycles. The van der Waals surface area contributed by atoms with Crippen LogP contribution < -0.4 is 4.57 Å². The number of hydrogen-bond acceptors (Lipinski definition) is 3. The molecule has 1 aromatic heterocycles. The Balaban J connectivity index is 0.000000641. The molecule has 0 aliphatic heterocycles. The molecule has 0 fully saturated rings. The van der Waals surface area contributed by atoms with Crippen LogP contribution in [0.3, 0.4) is 0 Å². The Bertz CT molecular complexity index is 857. The molecular weight excluding hydrogens is 505 g/mol. The van der Waals surface area contributed by atoms with Crippen molar-refractivity contribution in [3.8, 4) is 0 Å². The normalized spacial score (nSPS) is 13.6. The van der Waals surface area contributed by atoms with Gasteiger partial charge in [0.15, 0.2) is 22.5 Å². The second-order valence-corrected chi connectivity index (χ2v) is 9.61. The van der Waals surface area contributed by atoms with Crippen LogP contribution in [0.4, 0.5) is 39.5 Å². The third-order valence-corrected chi connectivity index (χ3v) is 5.52. The minimum Gasteiger partial charge on any atom is -0.743 e. The number of rotatable bonds is 11. The van der Waals surface area contributed by atoms with Crippen molar-refractivity contribution in [1.29, 1.82) is 0 Å². The largest absolute Gasteiger partial charge is 0.743 e. The fraction of sp³-hybridized carbons (Fsp3) is 0.750. The molecule has 0 radical (unpaired) electrons. The van der Waals surface area contributed by atoms with Gasteiger partial charge in [0.2, 0.25) is 0 Å². The average Bonchev–Trinajstić information content (AvgIpc) is 2.65. The number of hydrogen-bond donors (Lipinski definition) is 0. The fourth-order valence-electron chi connectivity index (χ4n) is 2.69. The van der Waals surface area contributed by atoms with E-state index < -0.39 is 33.4 Å². The molecule has 0 atom stereocenters. The monoisotopic (exact) mass is 533 g/mol. The summed E-state index contributed by atoms with van der Waals surface area (Å²) in [5, 5.41) is -7.11. The zero-order valence-electron chi connectivity index (χ0n) is 18.8. The molecule has 0 saturated carbocycles. The van der Waals surface area contributed by atoms with E-state index in [0.717, 1.165) is 5.92 Å². The second kappa shape index (κ2) is 12.4. The quantitative estimate of drug-likeness (QED) is 0.147. The van der Waals surface area contributed by atoms with E-state index in [2.05, 4.69) is 49.9 Å². The van der Waals surface area contributed by atoms with Crippen molar-refractivity contribution >= 4 is 10.1 Å². The lowest BCUT2D eigenvalue weighted by Gasteiger charge is -2.34. The van der Waals surface area contributed by atoms with Crippen molar-refractivity contribution in [3.63, 3.8) is 0 Å². The molecular formula is C20H28F9NO3S. The zero-order chi connectivity index (χ0) is 27.0. The summed E-state index contributed by atoms with van der Waals surface area (Å²) in [7, 11) is -7.42. The number of nitrogens with zero attached hydrogens (tertiary/aromatic N) is 1. The number of alkyl halides is 9. The predicted molar refractivity (Wildman–Crippen MR) is 105 cm³/mol. The first kappa shape index (κ1) is 32.4. The minimum absolute atomic E-state index is 0.873. The topological polar surface area (TPSA) is 61.1 Å². The van der Waals surface area contributed by atoms with Crippen LogP contribution in [0.25, 0.3) is 0 Å². The molecule has 34 heavy (non-hydrogen) atoms. The van der Waals surface area contributed by atoms with E-state index in [1.54, 1.807) is 0 Å². The summed E-state index contributed by atoms with van der Waals surface area (Å²) >= 11 is 0. The fourth-order valence-corrected chi connectivity index (χ4v) is 3.13. The van der Waals surface area contributed by atoms with E-state index in [-0.39, 0.29) is 0 Å². The molecule has 200 valence electrons. The van der Waals surface area contributed by atoms with Gasteiger partial charge in [0.25, 0.3) is 0 Å². The van der Waals surface area contributed by atoms with Crippen LogP contribution in [0.5, 0.6) is 0 Å². The summed E-state index contributed by atoms with van der Waals surface area (Å²) in [6.45, 7) is 7.96. The van der Waals surface area contributed by atoms with Gasteiger partial charge in [-0.15, -0.1) is 0 Å². The molecule has 1 aromatic rings. The predicted octanol–water partition coefficient (Wildman–Crippen LogP) is 6.24. The van der Waals surface area contributed by atoms with Crippen molar-refractivity contribution in [2.45, 2.75) is 89.1 Å². The van der Waals surface area contributed by atoms with Crippen molar-refractivity contribution in [1.82, 2.24) is 0 Å². The van der Waals surface area contributed by atoms with Crippen molar-refractivity contribution in [3.05, 3.63) is 30.1 Å². The highest BCUT2D eigenvalue weighted by atomic mass is 32.2. The third kappa shape index (κ3) is 8.90. The Kier molecular flexibility index (Phi) is 11.8. The Morgan fingerprint density at radius 1 is 0.882 bits per heavy atom. The maximum absolute atomic E-state index is 12.2. The van der Waals surface area contributed by atoms with E-state index in [1.165, 1.54) is 50.6 Å². The van der Waals surface area contributed by atoms with Gasteiger partial charge in [-0.1, -0.05) is 39.5 Å². The first-order valence-electron chi connectivity index (χ1n) is 10.3. The number of pyridine rings is 1. The summed E-state index contributed by atoms with van der Waals surface area (Å²) in [4.78, 5) is 0. The molecule has 0 bridgehead atoms. The number of aryl methyl sites for hydroxylation is 2. The number of unbranched alkanes of at least 4 members (excludes halogenated alkanes) is 4. The third-order valence-electron chi connectivity index (χ3n) is 4.63. The van der Waals surface area contributed by atoms with Crippen molar-refractivity contribution in [2.24, 2.45) is 5.92 Å². The summed E-state index contributed by atoms with van der Waals surface area (Å²) in [5.41, 5.74) is 1.35. The molecule has 0 amide bonds. The van der Waals surface area contributed by atoms with Gasteiger partial charge in [0.05, 0.1) is 0 Å². The van der Waals surface area contributed by atoms with E-state index in [4.69, 9.17) is 0 Å². The molecule has 0 saturated heterocycles. The van der Waals surface area contributed by atoms with Gasteiger partial charge in [-0.3, -0.25) is 0 Å². The van der Waals surface area contributed by atoms with Crippen molar-refractivity contribution in [2.75, 3.05) is 0 Å². The molecule has 0 aliphatic rings. The van der Waals surface area contributed by atoms with E-state index >= 15 is 0 Å². The molecule has 0 unspecified atom stereocenters. The lowest BCUT2D eigenvalue weighted by atomic mass is 10.0. The second-order valence-electron chi connectivity index (χ2n) is 8.19. The van der Waals surface area contributed by atoms with Crippen LogP contribution in [0, 0.1) is 12.8 Å². The Morgan fingerprint density at radius 2 is 1.38 bits per heavy atom. The van der Waals surface area contributed by atoms with Gasteiger partial charge in [-0.05, 0) is 25.3 Å². The molecule has 1 rings (SSSR count). The SMILES string of the molecule is Cc1ccc[n+](CCCCCCCC(C)C)c1.O=S(=O)([O-])C(F)(F)C(F)(F)C(F)(F)C(F)(F)F. The minimum atomic E-state index is -7.43. The molecule has 14 heteroatoms. The Labute approximate surface area is 192 Å². The van der Waals surface area contributed by atoms with E-state index in [9.17, 15) is 52.5 Å². The van der Waals surface area contributed by atoms with Gasteiger partial charge in [0, 0.05) is 18.1 Å². The van der Waals surface area contributed by atoms with Crippen LogP contribution >= 0.6 is 0 Å². The van der Waals surface area contributed by atoms with Crippen LogP contribution in [-0.4, -0.2) is 36.2 Å². The van der Waals surface area contributed by atoms with E-state index in [0.29, 0.717) is 0 Å². The van der Waals surface area contributed by atoms with Crippen LogP contribution in [0.1, 0.15) is 57.9 Å². The maximum Gasteiger partial charge on any atom is 0.460 e. The maximum atomic E-state index is 12.2. The summed E-state index contributed by atoms with van der Waals surface area (Å²) in [5.74, 6) is -13.9. The summed E-state index contributed by atoms with van der Waals surface area (Å²) in [6, 6.07) is 4.29. The van der Waals surface area contributed by atoms with Crippen LogP contribution in [0.15, 0.2) is 24.5 Å². The Hall–Kier alpha value is -1.57. The standard InChI is InChI=1S/C16H28N.C4HF9O3S/c1-15(2)10-7-5-4-6-8-12-17-13-9-11-16(3)14-17;5-1(6,3(9,10)11)2(7,8)4(12,13)17(14,15)16/h9,11,13-15H,4-8,10,12H2,1-3H3;(H,14,15,16)/q+1;/p-1. The molecule has 0 spiro atoms. The first-order valence-corrected chi connectivity index (χ1v) is 11.7. The molecule has 0 aliphatic carbocycles. The van der Waals surface area contributed by atoms with Gasteiger partial charge < -0.3 is 4.55 Å². The highest BCUT2D eigenvalue weighted by molar-refractivity contribution is 7.86. The van der Waals surface area contributed by atoms with Crippen LogP contribution in [0.2, 0.25) is 0 Å². The number of aromatic nitrogens is 1. The smallest absolute Gasteiger partial charge is 0.460 e. The first-order chi connectivity index (χ1) is 15.2. The Morgan fingerprint density at radius 3 is 1.82 bits per heavy atom. The lowest BCUT2D eigenvalue weighted by molar-refractivity contribution is -0.697. The van der Waals surface area contributed by atoms with Gasteiger partial charge in [0.1, 0.15) is 6.54 Å². The molecule has 0 aromatic carbocycles. The molecule has 4 nitrogen and oxygen atoms in total. The van der Waals surface area contributed by atoms with E-state index in [1.807, 2.05) is 0 Å². The summed E-state index contributed by atoms with van der Waals surface area (Å²) in [6.07, 6.45) is 5.56. The van der Waals surface area contributed by atoms with Gasteiger partial charge >= 0.3 is 23.3 Å². The van der Waals surface area contributed by atoms with Crippen LogP contribution in [-0.2, 0) is 16.7 Å². The highest BCUT2D eigenvalue weighted by Gasteiger charge is 2.83. The van der Waals surface area contributed by atoms with Crippen molar-refractivity contribution < 1.29 is 57.1 Å². The number of halogens is 9. The molecule has 0 N–H and O–H groups in total. The highest BCUT2D eigenvalue weighted by Crippen LogP contribution is 2.54. The lowest BCUT2D eigenvalue weighted by Crippen LogP contribution is -2.63. The van der Waals surface area contributed by atoms with Gasteiger partial charge in [-0.25, -0.2) is 13.0 Å².